The quantitative estimate of drug-likeness (QED) is 0.0485. The van der Waals surface area contributed by atoms with E-state index in [9.17, 15) is 22.6 Å². The number of carbonyl (C=O) groups is 2. The number of esters is 2. The zero-order valence-corrected chi connectivity index (χ0v) is 28.5. The van der Waals surface area contributed by atoms with E-state index in [1.807, 2.05) is 0 Å². The van der Waals surface area contributed by atoms with Crippen molar-refractivity contribution in [2.75, 3.05) is 0 Å². The minimum Gasteiger partial charge on any atom is -0.462 e. The number of rotatable bonds is 30. The van der Waals surface area contributed by atoms with Gasteiger partial charge in [0.25, 0.3) is 10.1 Å². The summed E-state index contributed by atoms with van der Waals surface area (Å²) in [5.41, 5.74) is 0. The molecule has 42 heavy (non-hydrogen) atoms. The highest BCUT2D eigenvalue weighted by Gasteiger charge is 2.37. The van der Waals surface area contributed by atoms with Crippen molar-refractivity contribution in [3.8, 4) is 0 Å². The highest BCUT2D eigenvalue weighted by molar-refractivity contribution is 7.87. The third-order valence-electron chi connectivity index (χ3n) is 8.07. The molecule has 250 valence electrons. The van der Waals surface area contributed by atoms with E-state index < -0.39 is 39.8 Å². The molecule has 0 heterocycles. The number of carbonyl (C=O) groups excluding carboxylic acids is 2. The zero-order valence-electron chi connectivity index (χ0n) is 27.7. The SMILES string of the molecule is CCCCCCCCCC(CCCCC)OC(=O)CC(C(=O)OC(CCCCC)CCCCCCCCC)S(=O)(=O)O. The van der Waals surface area contributed by atoms with E-state index in [0.29, 0.717) is 19.3 Å². The molecule has 3 unspecified atom stereocenters. The van der Waals surface area contributed by atoms with Gasteiger partial charge in [-0.25, -0.2) is 0 Å². The van der Waals surface area contributed by atoms with E-state index in [-0.39, 0.29) is 6.10 Å². The van der Waals surface area contributed by atoms with Gasteiger partial charge in [-0.15, -0.1) is 0 Å². The minimum atomic E-state index is -4.83. The highest BCUT2D eigenvalue weighted by Crippen LogP contribution is 2.21. The lowest BCUT2D eigenvalue weighted by Crippen LogP contribution is -2.37. The molecule has 1 N–H and O–H groups in total. The number of unbranched alkanes of at least 4 members (excludes halogenated alkanes) is 16. The lowest BCUT2D eigenvalue weighted by Gasteiger charge is -2.22. The molecule has 3 atom stereocenters. The second-order valence-electron chi connectivity index (χ2n) is 12.2. The molecular formula is C34H66O7S. The maximum Gasteiger partial charge on any atom is 0.327 e. The summed E-state index contributed by atoms with van der Waals surface area (Å²) in [4.78, 5) is 25.9. The van der Waals surface area contributed by atoms with Crippen molar-refractivity contribution in [1.29, 1.82) is 0 Å². The molecule has 0 amide bonds. The third kappa shape index (κ3) is 23.3. The lowest BCUT2D eigenvalue weighted by molar-refractivity contribution is -0.156. The molecule has 0 fully saturated rings. The Morgan fingerprint density at radius 2 is 0.833 bits per heavy atom. The van der Waals surface area contributed by atoms with Crippen LogP contribution in [0.4, 0.5) is 0 Å². The van der Waals surface area contributed by atoms with Gasteiger partial charge in [0.2, 0.25) is 0 Å². The van der Waals surface area contributed by atoms with Gasteiger partial charge in [0.05, 0.1) is 6.42 Å². The smallest absolute Gasteiger partial charge is 0.327 e. The molecule has 0 saturated heterocycles. The Hall–Kier alpha value is -1.15. The van der Waals surface area contributed by atoms with Crippen LogP contribution in [-0.2, 0) is 29.2 Å². The molecule has 0 aromatic heterocycles. The summed E-state index contributed by atoms with van der Waals surface area (Å²) in [6, 6.07) is 0. The van der Waals surface area contributed by atoms with E-state index in [0.717, 1.165) is 83.5 Å². The first kappa shape index (κ1) is 40.9. The molecular weight excluding hydrogens is 552 g/mol. The van der Waals surface area contributed by atoms with E-state index in [1.165, 1.54) is 51.4 Å². The zero-order chi connectivity index (χ0) is 31.5. The average molecular weight is 619 g/mol. The Kier molecular flexibility index (Phi) is 26.7. The van der Waals surface area contributed by atoms with Gasteiger partial charge in [0, 0.05) is 0 Å². The van der Waals surface area contributed by atoms with Crippen LogP contribution in [0.15, 0.2) is 0 Å². The molecule has 0 aliphatic rings. The van der Waals surface area contributed by atoms with Gasteiger partial charge in [-0.1, -0.05) is 130 Å². The van der Waals surface area contributed by atoms with Gasteiger partial charge in [-0.3, -0.25) is 14.1 Å². The van der Waals surface area contributed by atoms with Crippen LogP contribution in [0.2, 0.25) is 0 Å². The largest absolute Gasteiger partial charge is 0.462 e. The Balaban J connectivity index is 5.08. The van der Waals surface area contributed by atoms with Crippen molar-refractivity contribution in [3.05, 3.63) is 0 Å². The van der Waals surface area contributed by atoms with Crippen molar-refractivity contribution in [1.82, 2.24) is 0 Å². The molecule has 0 radical (unpaired) electrons. The first-order chi connectivity index (χ1) is 20.2. The number of hydrogen-bond acceptors (Lipinski definition) is 6. The Morgan fingerprint density at radius 1 is 0.524 bits per heavy atom. The topological polar surface area (TPSA) is 107 Å². The average Bonchev–Trinajstić information content (AvgIpc) is 2.94. The first-order valence-corrected chi connectivity index (χ1v) is 19.1. The second kappa shape index (κ2) is 27.4. The molecule has 0 bridgehead atoms. The molecule has 0 rings (SSSR count). The van der Waals surface area contributed by atoms with Gasteiger partial charge in [0.15, 0.2) is 5.25 Å². The fraction of sp³-hybridized carbons (Fsp3) is 0.941. The minimum absolute atomic E-state index is 0.308. The fourth-order valence-corrected chi connectivity index (χ4v) is 6.01. The van der Waals surface area contributed by atoms with E-state index in [1.54, 1.807) is 0 Å². The maximum absolute atomic E-state index is 13.0. The highest BCUT2D eigenvalue weighted by atomic mass is 32.2. The maximum atomic E-state index is 13.0. The van der Waals surface area contributed by atoms with Crippen molar-refractivity contribution < 1.29 is 32.0 Å². The lowest BCUT2D eigenvalue weighted by atomic mass is 10.0. The standard InChI is InChI=1S/C34H66O7S/c1-5-9-13-15-17-19-23-27-30(25-21-11-7-3)40-33(35)29-32(42(37,38)39)34(36)41-31(26-22-12-8-4)28-24-20-18-16-14-10-6-2/h30-32H,5-29H2,1-4H3,(H,37,38,39). The summed E-state index contributed by atoms with van der Waals surface area (Å²) < 4.78 is 45.6. The Labute approximate surface area is 259 Å². The normalized spacial score (nSPS) is 13.9. The second-order valence-corrected chi connectivity index (χ2v) is 13.8. The summed E-state index contributed by atoms with van der Waals surface area (Å²) >= 11 is 0. The van der Waals surface area contributed by atoms with Crippen molar-refractivity contribution in [2.24, 2.45) is 0 Å². The van der Waals surface area contributed by atoms with E-state index >= 15 is 0 Å². The van der Waals surface area contributed by atoms with Crippen LogP contribution in [0.1, 0.15) is 188 Å². The third-order valence-corrected chi connectivity index (χ3v) is 9.15. The van der Waals surface area contributed by atoms with Crippen LogP contribution in [0.25, 0.3) is 0 Å². The van der Waals surface area contributed by atoms with Crippen LogP contribution in [0.3, 0.4) is 0 Å². The van der Waals surface area contributed by atoms with Crippen LogP contribution in [0.5, 0.6) is 0 Å². The van der Waals surface area contributed by atoms with Crippen LogP contribution < -0.4 is 0 Å². The van der Waals surface area contributed by atoms with Gasteiger partial charge < -0.3 is 9.47 Å². The summed E-state index contributed by atoms with van der Waals surface area (Å²) in [7, 11) is -4.83. The van der Waals surface area contributed by atoms with E-state index in [2.05, 4.69) is 27.7 Å². The number of hydrogen-bond donors (Lipinski definition) is 1. The van der Waals surface area contributed by atoms with Crippen LogP contribution in [-0.4, -0.2) is 42.4 Å². The van der Waals surface area contributed by atoms with Gasteiger partial charge >= 0.3 is 11.9 Å². The molecule has 0 saturated carbocycles. The monoisotopic (exact) mass is 618 g/mol. The summed E-state index contributed by atoms with van der Waals surface area (Å²) in [6.07, 6.45) is 23.2. The Bertz CT molecular complexity index is 753. The van der Waals surface area contributed by atoms with Gasteiger partial charge in [-0.05, 0) is 51.4 Å². The van der Waals surface area contributed by atoms with Gasteiger partial charge in [-0.2, -0.15) is 8.42 Å². The first-order valence-electron chi connectivity index (χ1n) is 17.6. The predicted octanol–water partition coefficient (Wildman–Crippen LogP) is 9.90. The Morgan fingerprint density at radius 3 is 1.21 bits per heavy atom. The van der Waals surface area contributed by atoms with Crippen molar-refractivity contribution in [3.63, 3.8) is 0 Å². The molecule has 7 nitrogen and oxygen atoms in total. The molecule has 8 heteroatoms. The molecule has 0 aliphatic carbocycles. The summed E-state index contributed by atoms with van der Waals surface area (Å²) in [6.45, 7) is 8.60. The molecule has 0 spiro atoms. The van der Waals surface area contributed by atoms with Crippen LogP contribution >= 0.6 is 0 Å². The van der Waals surface area contributed by atoms with E-state index in [4.69, 9.17) is 9.47 Å². The summed E-state index contributed by atoms with van der Waals surface area (Å²) in [5, 5.41) is -1.96. The van der Waals surface area contributed by atoms with Crippen molar-refractivity contribution in [2.45, 2.75) is 206 Å². The van der Waals surface area contributed by atoms with Gasteiger partial charge in [0.1, 0.15) is 12.2 Å². The molecule has 0 aromatic carbocycles. The number of ether oxygens (including phenoxy) is 2. The molecule has 0 aliphatic heterocycles. The fourth-order valence-electron chi connectivity index (χ4n) is 5.36. The molecule has 0 aromatic rings. The van der Waals surface area contributed by atoms with Crippen LogP contribution in [0, 0.1) is 0 Å². The van der Waals surface area contributed by atoms with Crippen molar-refractivity contribution >= 4 is 22.1 Å². The summed E-state index contributed by atoms with van der Waals surface area (Å²) in [5.74, 6) is -1.82. The predicted molar refractivity (Wildman–Crippen MR) is 173 cm³/mol.